The first-order valence-electron chi connectivity index (χ1n) is 5.91. The number of benzene rings is 2. The van der Waals surface area contributed by atoms with Gasteiger partial charge in [0.25, 0.3) is 0 Å². The molecule has 0 saturated carbocycles. The topological polar surface area (TPSA) is 45.2 Å². The summed E-state index contributed by atoms with van der Waals surface area (Å²) in [6.45, 7) is 0.265. The molecule has 2 N–H and O–H groups in total. The molecule has 3 nitrogen and oxygen atoms in total. The monoisotopic (exact) mass is 257 g/mol. The molecule has 0 aliphatic heterocycles. The van der Waals surface area contributed by atoms with Gasteiger partial charge >= 0.3 is 0 Å². The van der Waals surface area contributed by atoms with Crippen molar-refractivity contribution in [3.63, 3.8) is 0 Å². The van der Waals surface area contributed by atoms with Crippen LogP contribution in [0.4, 0.5) is 4.39 Å². The largest absolute Gasteiger partial charge is 0.504 e. The lowest BCUT2D eigenvalue weighted by Crippen LogP contribution is -1.94. The molecule has 0 amide bonds. The van der Waals surface area contributed by atoms with E-state index in [-0.39, 0.29) is 18.2 Å². The van der Waals surface area contributed by atoms with E-state index in [9.17, 15) is 9.50 Å². The lowest BCUT2D eigenvalue weighted by atomic mass is 10.2. The van der Waals surface area contributed by atoms with Crippen LogP contribution >= 0.6 is 0 Å². The highest BCUT2D eigenvalue weighted by atomic mass is 19.1. The minimum atomic E-state index is -0.286. The quantitative estimate of drug-likeness (QED) is 0.753. The fraction of sp³-hybridized carbons (Fsp3) is 0.0667. The molecule has 0 radical (unpaired) electrons. The normalized spacial score (nSPS) is 10.8. The van der Waals surface area contributed by atoms with Gasteiger partial charge in [-0.15, -0.1) is 0 Å². The van der Waals surface area contributed by atoms with E-state index in [1.807, 2.05) is 6.07 Å². The minimum absolute atomic E-state index is 0.0912. The zero-order valence-corrected chi connectivity index (χ0v) is 10.1. The first-order chi connectivity index (χ1) is 9.25. The number of halogens is 1. The number of phenolic OH excluding ortho intramolecular Hbond substituents is 1. The van der Waals surface area contributed by atoms with Crippen molar-refractivity contribution >= 4 is 10.9 Å². The van der Waals surface area contributed by atoms with Crippen molar-refractivity contribution < 1.29 is 14.2 Å². The number of aromatic amines is 1. The summed E-state index contributed by atoms with van der Waals surface area (Å²) in [6.07, 6.45) is 1.72. The Hall–Kier alpha value is -2.49. The van der Waals surface area contributed by atoms with E-state index in [1.54, 1.807) is 36.5 Å². The summed E-state index contributed by atoms with van der Waals surface area (Å²) in [5, 5.41) is 10.4. The van der Waals surface area contributed by atoms with Crippen molar-refractivity contribution in [1.29, 1.82) is 0 Å². The zero-order chi connectivity index (χ0) is 13.2. The van der Waals surface area contributed by atoms with Crippen LogP contribution in [0.3, 0.4) is 0 Å². The number of aromatic nitrogens is 1. The van der Waals surface area contributed by atoms with E-state index < -0.39 is 0 Å². The maximum Gasteiger partial charge on any atom is 0.161 e. The predicted octanol–water partition coefficient (Wildman–Crippen LogP) is 3.59. The third kappa shape index (κ3) is 2.12. The summed E-state index contributed by atoms with van der Waals surface area (Å²) in [7, 11) is 0. The van der Waals surface area contributed by atoms with Gasteiger partial charge in [0.15, 0.2) is 11.5 Å². The van der Waals surface area contributed by atoms with Gasteiger partial charge in [-0.1, -0.05) is 24.3 Å². The molecule has 4 heteroatoms. The van der Waals surface area contributed by atoms with Gasteiger partial charge in [0.2, 0.25) is 0 Å². The van der Waals surface area contributed by atoms with Crippen LogP contribution in [0.5, 0.6) is 11.5 Å². The number of aromatic hydroxyl groups is 1. The van der Waals surface area contributed by atoms with E-state index in [0.29, 0.717) is 11.3 Å². The molecule has 0 bridgehead atoms. The molecule has 1 aromatic heterocycles. The SMILES string of the molecule is Oc1ccccc1OCc1c[nH]c2c(F)cccc12. The van der Waals surface area contributed by atoms with Crippen LogP contribution in [0, 0.1) is 5.82 Å². The first kappa shape index (κ1) is 11.6. The molecular formula is C15H12FNO2. The Bertz CT molecular complexity index is 721. The number of para-hydroxylation sites is 3. The van der Waals surface area contributed by atoms with E-state index in [2.05, 4.69) is 4.98 Å². The first-order valence-corrected chi connectivity index (χ1v) is 5.91. The second-order valence-corrected chi connectivity index (χ2v) is 4.23. The van der Waals surface area contributed by atoms with Gasteiger partial charge in [-0.2, -0.15) is 0 Å². The highest BCUT2D eigenvalue weighted by Gasteiger charge is 2.08. The lowest BCUT2D eigenvalue weighted by Gasteiger charge is -2.06. The Morgan fingerprint density at radius 3 is 2.79 bits per heavy atom. The number of nitrogens with one attached hydrogen (secondary N) is 1. The fourth-order valence-corrected chi connectivity index (χ4v) is 2.03. The van der Waals surface area contributed by atoms with Crippen molar-refractivity contribution in [2.45, 2.75) is 6.61 Å². The summed E-state index contributed by atoms with van der Waals surface area (Å²) >= 11 is 0. The molecule has 96 valence electrons. The van der Waals surface area contributed by atoms with E-state index in [1.165, 1.54) is 6.07 Å². The summed E-state index contributed by atoms with van der Waals surface area (Å²) < 4.78 is 19.1. The van der Waals surface area contributed by atoms with Crippen molar-refractivity contribution in [1.82, 2.24) is 4.98 Å². The number of hydrogen-bond acceptors (Lipinski definition) is 2. The highest BCUT2D eigenvalue weighted by Crippen LogP contribution is 2.27. The van der Waals surface area contributed by atoms with Crippen LogP contribution in [0.15, 0.2) is 48.7 Å². The van der Waals surface area contributed by atoms with Crippen LogP contribution in [0.25, 0.3) is 10.9 Å². The Kier molecular flexibility index (Phi) is 2.83. The molecule has 0 saturated heterocycles. The third-order valence-corrected chi connectivity index (χ3v) is 3.00. The van der Waals surface area contributed by atoms with Crippen LogP contribution in [-0.2, 0) is 6.61 Å². The summed E-state index contributed by atoms with van der Waals surface area (Å²) in [5.74, 6) is 0.216. The van der Waals surface area contributed by atoms with Gasteiger partial charge < -0.3 is 14.8 Å². The molecule has 3 rings (SSSR count). The standard InChI is InChI=1S/C15H12FNO2/c16-12-5-3-4-11-10(8-17-15(11)12)9-19-14-7-2-1-6-13(14)18/h1-8,17-18H,9H2. The number of ether oxygens (including phenoxy) is 1. The van der Waals surface area contributed by atoms with Gasteiger partial charge in [-0.3, -0.25) is 0 Å². The molecule has 0 spiro atoms. The van der Waals surface area contributed by atoms with Crippen molar-refractivity contribution in [2.24, 2.45) is 0 Å². The van der Waals surface area contributed by atoms with E-state index in [4.69, 9.17) is 4.74 Å². The van der Waals surface area contributed by atoms with Crippen molar-refractivity contribution in [3.05, 3.63) is 60.0 Å². The third-order valence-electron chi connectivity index (χ3n) is 3.00. The van der Waals surface area contributed by atoms with Crippen LogP contribution < -0.4 is 4.74 Å². The van der Waals surface area contributed by atoms with Crippen LogP contribution in [0.2, 0.25) is 0 Å². The van der Waals surface area contributed by atoms with Crippen LogP contribution in [0.1, 0.15) is 5.56 Å². The van der Waals surface area contributed by atoms with E-state index in [0.717, 1.165) is 10.9 Å². The maximum atomic E-state index is 13.5. The van der Waals surface area contributed by atoms with Gasteiger partial charge in [-0.05, 0) is 18.2 Å². The second kappa shape index (κ2) is 4.65. The highest BCUT2D eigenvalue weighted by molar-refractivity contribution is 5.83. The number of fused-ring (bicyclic) bond motifs is 1. The van der Waals surface area contributed by atoms with Crippen molar-refractivity contribution in [2.75, 3.05) is 0 Å². The smallest absolute Gasteiger partial charge is 0.161 e. The zero-order valence-electron chi connectivity index (χ0n) is 10.1. The van der Waals surface area contributed by atoms with Crippen LogP contribution in [-0.4, -0.2) is 10.1 Å². The summed E-state index contributed by atoms with van der Waals surface area (Å²) in [4.78, 5) is 2.89. The molecule has 0 aliphatic carbocycles. The van der Waals surface area contributed by atoms with Gasteiger partial charge in [-0.25, -0.2) is 4.39 Å². The second-order valence-electron chi connectivity index (χ2n) is 4.23. The van der Waals surface area contributed by atoms with E-state index >= 15 is 0 Å². The Morgan fingerprint density at radius 1 is 1.11 bits per heavy atom. The number of phenols is 1. The Balaban J connectivity index is 1.87. The molecular weight excluding hydrogens is 245 g/mol. The number of hydrogen-bond donors (Lipinski definition) is 2. The maximum absolute atomic E-state index is 13.5. The average molecular weight is 257 g/mol. The molecule has 0 unspecified atom stereocenters. The molecule has 0 fully saturated rings. The predicted molar refractivity (Wildman–Crippen MR) is 70.7 cm³/mol. The number of H-pyrrole nitrogens is 1. The molecule has 1 heterocycles. The number of rotatable bonds is 3. The molecule has 19 heavy (non-hydrogen) atoms. The van der Waals surface area contributed by atoms with Gasteiger partial charge in [0, 0.05) is 17.1 Å². The molecule has 2 aromatic carbocycles. The summed E-state index contributed by atoms with van der Waals surface area (Å²) in [6, 6.07) is 11.7. The molecule has 3 aromatic rings. The average Bonchev–Trinajstić information content (AvgIpc) is 2.83. The van der Waals surface area contributed by atoms with Crippen molar-refractivity contribution in [3.8, 4) is 11.5 Å². The van der Waals surface area contributed by atoms with Gasteiger partial charge in [0.1, 0.15) is 12.4 Å². The van der Waals surface area contributed by atoms with Gasteiger partial charge in [0.05, 0.1) is 5.52 Å². The molecule has 0 aliphatic rings. The Morgan fingerprint density at radius 2 is 1.95 bits per heavy atom. The fourth-order valence-electron chi connectivity index (χ4n) is 2.03. The summed E-state index contributed by atoms with van der Waals surface area (Å²) in [5.41, 5.74) is 1.32. The molecule has 0 atom stereocenters. The lowest BCUT2D eigenvalue weighted by molar-refractivity contribution is 0.290. The Labute approximate surface area is 109 Å². The minimum Gasteiger partial charge on any atom is -0.504 e.